The SMILES string of the molecule is C=CCN1C[C@H](C(=O)O)CC2c3cccc4[nH]cc(c34)CC21. The van der Waals surface area contributed by atoms with Gasteiger partial charge in [0.2, 0.25) is 0 Å². The van der Waals surface area contributed by atoms with Gasteiger partial charge in [0, 0.05) is 42.1 Å². The molecule has 0 amide bonds. The van der Waals surface area contributed by atoms with E-state index in [0.29, 0.717) is 18.5 Å². The van der Waals surface area contributed by atoms with Crippen molar-refractivity contribution in [1.82, 2.24) is 9.88 Å². The first-order valence-electron chi connectivity index (χ1n) is 7.85. The van der Waals surface area contributed by atoms with Gasteiger partial charge in [-0.2, -0.15) is 0 Å². The Labute approximate surface area is 129 Å². The van der Waals surface area contributed by atoms with E-state index in [0.717, 1.165) is 19.4 Å². The molecule has 2 N–H and O–H groups in total. The van der Waals surface area contributed by atoms with E-state index >= 15 is 0 Å². The first-order chi connectivity index (χ1) is 10.7. The van der Waals surface area contributed by atoms with E-state index in [1.807, 2.05) is 6.08 Å². The predicted octanol–water partition coefficient (Wildman–Crippen LogP) is 2.77. The number of aromatic nitrogens is 1. The average molecular weight is 296 g/mol. The number of nitrogens with zero attached hydrogens (tertiary/aromatic N) is 1. The number of H-pyrrole nitrogens is 1. The van der Waals surface area contributed by atoms with Crippen LogP contribution in [0.2, 0.25) is 0 Å². The molecule has 1 fully saturated rings. The van der Waals surface area contributed by atoms with E-state index in [-0.39, 0.29) is 5.92 Å². The number of nitrogens with one attached hydrogen (secondary N) is 1. The van der Waals surface area contributed by atoms with Gasteiger partial charge in [0.15, 0.2) is 0 Å². The average Bonchev–Trinajstić information content (AvgIpc) is 2.93. The minimum absolute atomic E-state index is 0.293. The lowest BCUT2D eigenvalue weighted by Gasteiger charge is -2.45. The molecule has 4 nitrogen and oxygen atoms in total. The zero-order valence-electron chi connectivity index (χ0n) is 12.5. The molecule has 2 unspecified atom stereocenters. The molecule has 1 aromatic heterocycles. The Morgan fingerprint density at radius 1 is 1.50 bits per heavy atom. The molecule has 0 radical (unpaired) electrons. The van der Waals surface area contributed by atoms with E-state index in [1.54, 1.807) is 0 Å². The highest BCUT2D eigenvalue weighted by atomic mass is 16.4. The van der Waals surface area contributed by atoms with Crippen LogP contribution in [0, 0.1) is 5.92 Å². The zero-order valence-corrected chi connectivity index (χ0v) is 12.5. The number of hydrogen-bond donors (Lipinski definition) is 2. The molecule has 1 saturated heterocycles. The second kappa shape index (κ2) is 4.99. The number of hydrogen-bond acceptors (Lipinski definition) is 2. The van der Waals surface area contributed by atoms with Gasteiger partial charge < -0.3 is 10.1 Å². The minimum atomic E-state index is -0.681. The van der Waals surface area contributed by atoms with Gasteiger partial charge in [0.1, 0.15) is 0 Å². The summed E-state index contributed by atoms with van der Waals surface area (Å²) < 4.78 is 0. The third-order valence-electron chi connectivity index (χ3n) is 5.29. The monoisotopic (exact) mass is 296 g/mol. The molecule has 1 aromatic carbocycles. The second-order valence-electron chi connectivity index (χ2n) is 6.48. The van der Waals surface area contributed by atoms with Crippen molar-refractivity contribution in [3.8, 4) is 0 Å². The fourth-order valence-electron chi connectivity index (χ4n) is 4.35. The highest BCUT2D eigenvalue weighted by Gasteiger charge is 2.42. The van der Waals surface area contributed by atoms with Crippen LogP contribution in [0.3, 0.4) is 0 Å². The molecule has 0 spiro atoms. The van der Waals surface area contributed by atoms with Crippen LogP contribution in [0.4, 0.5) is 0 Å². The van der Waals surface area contributed by atoms with Gasteiger partial charge in [0.25, 0.3) is 0 Å². The fraction of sp³-hybridized carbons (Fsp3) is 0.389. The summed E-state index contributed by atoms with van der Waals surface area (Å²) in [5, 5.41) is 10.8. The van der Waals surface area contributed by atoms with Crippen LogP contribution in [0.5, 0.6) is 0 Å². The van der Waals surface area contributed by atoms with Gasteiger partial charge in [-0.25, -0.2) is 0 Å². The lowest BCUT2D eigenvalue weighted by Crippen LogP contribution is -2.51. The van der Waals surface area contributed by atoms with Crippen LogP contribution in [0.1, 0.15) is 23.5 Å². The van der Waals surface area contributed by atoms with Gasteiger partial charge >= 0.3 is 5.97 Å². The van der Waals surface area contributed by atoms with Crippen LogP contribution in [-0.2, 0) is 11.2 Å². The van der Waals surface area contributed by atoms with Crippen LogP contribution in [-0.4, -0.2) is 40.1 Å². The van der Waals surface area contributed by atoms with E-state index in [9.17, 15) is 9.90 Å². The van der Waals surface area contributed by atoms with Crippen molar-refractivity contribution in [3.63, 3.8) is 0 Å². The summed E-state index contributed by atoms with van der Waals surface area (Å²) >= 11 is 0. The standard InChI is InChI=1S/C18H20N2O2/c1-2-6-20-10-12(18(21)22)7-14-13-4-3-5-15-17(13)11(9-19-15)8-16(14)20/h2-5,9,12,14,16,19H,1,6-8,10H2,(H,21,22)/t12-,14?,16?/m1/s1. The van der Waals surface area contributed by atoms with Gasteiger partial charge in [0.05, 0.1) is 5.92 Å². The first-order valence-corrected chi connectivity index (χ1v) is 7.85. The van der Waals surface area contributed by atoms with Crippen molar-refractivity contribution < 1.29 is 9.90 Å². The third kappa shape index (κ3) is 1.91. The predicted molar refractivity (Wildman–Crippen MR) is 86.0 cm³/mol. The Kier molecular flexibility index (Phi) is 3.08. The lowest BCUT2D eigenvalue weighted by molar-refractivity contribution is -0.144. The third-order valence-corrected chi connectivity index (χ3v) is 5.29. The maximum absolute atomic E-state index is 11.6. The Balaban J connectivity index is 1.82. The summed E-state index contributed by atoms with van der Waals surface area (Å²) in [7, 11) is 0. The van der Waals surface area contributed by atoms with Crippen LogP contribution in [0.25, 0.3) is 10.9 Å². The number of carbonyl (C=O) groups is 1. The van der Waals surface area contributed by atoms with E-state index < -0.39 is 5.97 Å². The number of benzene rings is 1. The fourth-order valence-corrected chi connectivity index (χ4v) is 4.35. The van der Waals surface area contributed by atoms with Gasteiger partial charge in [-0.05, 0) is 30.0 Å². The molecule has 2 heterocycles. The normalized spacial score (nSPS) is 27.5. The van der Waals surface area contributed by atoms with Crippen molar-refractivity contribution in [2.24, 2.45) is 5.92 Å². The molecular formula is C18H20N2O2. The Morgan fingerprint density at radius 2 is 2.36 bits per heavy atom. The summed E-state index contributed by atoms with van der Waals surface area (Å²) in [6, 6.07) is 6.72. The number of fused-ring (bicyclic) bond motifs is 2. The highest BCUT2D eigenvalue weighted by molar-refractivity contribution is 5.88. The molecule has 0 saturated carbocycles. The molecule has 1 aliphatic heterocycles. The largest absolute Gasteiger partial charge is 0.481 e. The zero-order chi connectivity index (χ0) is 15.3. The van der Waals surface area contributed by atoms with Gasteiger partial charge in [-0.3, -0.25) is 9.69 Å². The Morgan fingerprint density at radius 3 is 3.14 bits per heavy atom. The van der Waals surface area contributed by atoms with Crippen molar-refractivity contribution in [3.05, 3.63) is 48.2 Å². The molecule has 114 valence electrons. The van der Waals surface area contributed by atoms with Crippen LogP contribution >= 0.6 is 0 Å². The summed E-state index contributed by atoms with van der Waals surface area (Å²) in [6.45, 7) is 5.21. The van der Waals surface area contributed by atoms with Crippen molar-refractivity contribution >= 4 is 16.9 Å². The van der Waals surface area contributed by atoms with Crippen molar-refractivity contribution in [1.29, 1.82) is 0 Å². The Hall–Kier alpha value is -2.07. The molecule has 2 aromatic rings. The van der Waals surface area contributed by atoms with Crippen molar-refractivity contribution in [2.45, 2.75) is 24.8 Å². The molecule has 1 aliphatic carbocycles. The number of piperidine rings is 1. The number of aromatic amines is 1. The van der Waals surface area contributed by atoms with Gasteiger partial charge in [-0.1, -0.05) is 18.2 Å². The van der Waals surface area contributed by atoms with Gasteiger partial charge in [-0.15, -0.1) is 6.58 Å². The van der Waals surface area contributed by atoms with E-state index in [4.69, 9.17) is 0 Å². The first kappa shape index (κ1) is 13.6. The maximum atomic E-state index is 11.6. The number of aliphatic carboxylic acids is 1. The summed E-state index contributed by atoms with van der Waals surface area (Å²) in [5.74, 6) is -0.682. The summed E-state index contributed by atoms with van der Waals surface area (Å²) in [4.78, 5) is 17.2. The molecule has 4 heteroatoms. The van der Waals surface area contributed by atoms with Crippen molar-refractivity contribution in [2.75, 3.05) is 13.1 Å². The lowest BCUT2D eigenvalue weighted by atomic mass is 9.72. The molecule has 22 heavy (non-hydrogen) atoms. The molecule has 0 bridgehead atoms. The summed E-state index contributed by atoms with van der Waals surface area (Å²) in [5.41, 5.74) is 3.83. The number of carboxylic acids is 1. The molecule has 2 aliphatic rings. The van der Waals surface area contributed by atoms with Crippen LogP contribution < -0.4 is 0 Å². The molecular weight excluding hydrogens is 276 g/mol. The quantitative estimate of drug-likeness (QED) is 0.856. The van der Waals surface area contributed by atoms with E-state index in [2.05, 4.69) is 40.9 Å². The summed E-state index contributed by atoms with van der Waals surface area (Å²) in [6.07, 6.45) is 5.72. The minimum Gasteiger partial charge on any atom is -0.481 e. The smallest absolute Gasteiger partial charge is 0.307 e. The maximum Gasteiger partial charge on any atom is 0.307 e. The number of carboxylic acid groups (broad SMARTS) is 1. The number of rotatable bonds is 3. The number of likely N-dealkylation sites (tertiary alicyclic amines) is 1. The second-order valence-corrected chi connectivity index (χ2v) is 6.48. The van der Waals surface area contributed by atoms with Crippen LogP contribution in [0.15, 0.2) is 37.1 Å². The topological polar surface area (TPSA) is 56.3 Å². The van der Waals surface area contributed by atoms with E-state index in [1.165, 1.54) is 22.0 Å². The highest BCUT2D eigenvalue weighted by Crippen LogP contribution is 2.44. The Bertz CT molecular complexity index is 749. The molecule has 4 rings (SSSR count). The molecule has 3 atom stereocenters.